The second-order valence-corrected chi connectivity index (χ2v) is 4.57. The van der Waals surface area contributed by atoms with Crippen LogP contribution in [0.2, 0.25) is 0 Å². The minimum absolute atomic E-state index is 0.0761. The van der Waals surface area contributed by atoms with Crippen LogP contribution in [-0.2, 0) is 11.2 Å². The molecule has 7 heteroatoms. The summed E-state index contributed by atoms with van der Waals surface area (Å²) in [5, 5.41) is 8.89. The van der Waals surface area contributed by atoms with Crippen molar-refractivity contribution in [3.05, 3.63) is 46.1 Å². The van der Waals surface area contributed by atoms with E-state index in [0.29, 0.717) is 25.4 Å². The highest BCUT2D eigenvalue weighted by atomic mass is 16.5. The molecule has 0 spiro atoms. The average molecular weight is 274 g/mol. The predicted octanol–water partition coefficient (Wildman–Crippen LogP) is -0.0671. The van der Waals surface area contributed by atoms with Crippen LogP contribution < -0.4 is 15.7 Å². The number of amides is 1. The lowest BCUT2D eigenvalue weighted by Crippen LogP contribution is -2.31. The Hall–Kier alpha value is -2.57. The van der Waals surface area contributed by atoms with Gasteiger partial charge in [-0.25, -0.2) is 9.89 Å². The van der Waals surface area contributed by atoms with Gasteiger partial charge in [0.25, 0.3) is 0 Å². The summed E-state index contributed by atoms with van der Waals surface area (Å²) in [6, 6.07) is 7.53. The fourth-order valence-corrected chi connectivity index (χ4v) is 2.23. The predicted molar refractivity (Wildman–Crippen MR) is 70.6 cm³/mol. The first-order valence-corrected chi connectivity index (χ1v) is 6.37. The zero-order valence-corrected chi connectivity index (χ0v) is 10.7. The van der Waals surface area contributed by atoms with E-state index in [9.17, 15) is 9.59 Å². The Kier molecular flexibility index (Phi) is 3.24. The molecule has 0 aliphatic carbocycles. The van der Waals surface area contributed by atoms with Crippen LogP contribution in [-0.4, -0.2) is 34.2 Å². The third kappa shape index (κ3) is 2.42. The van der Waals surface area contributed by atoms with Crippen LogP contribution in [0.5, 0.6) is 5.75 Å². The normalized spacial score (nSPS) is 16.5. The number of hydrogen-bond acceptors (Lipinski definition) is 4. The summed E-state index contributed by atoms with van der Waals surface area (Å²) in [5.41, 5.74) is 0.572. The summed E-state index contributed by atoms with van der Waals surface area (Å²) in [4.78, 5) is 25.5. The molecule has 0 bridgehead atoms. The number of H-pyrrole nitrogens is 2. The van der Waals surface area contributed by atoms with Crippen molar-refractivity contribution in [1.29, 1.82) is 0 Å². The van der Waals surface area contributed by atoms with E-state index in [1.54, 1.807) is 0 Å². The van der Waals surface area contributed by atoms with Crippen molar-refractivity contribution in [3.8, 4) is 5.75 Å². The van der Waals surface area contributed by atoms with Crippen LogP contribution in [0.15, 0.2) is 29.1 Å². The molecule has 1 atom stereocenters. The highest BCUT2D eigenvalue weighted by Crippen LogP contribution is 2.33. The minimum atomic E-state index is -0.343. The van der Waals surface area contributed by atoms with Gasteiger partial charge in [0.2, 0.25) is 5.91 Å². The van der Waals surface area contributed by atoms with Crippen molar-refractivity contribution < 1.29 is 9.53 Å². The molecule has 1 aromatic heterocycles. The Morgan fingerprint density at radius 3 is 3.10 bits per heavy atom. The first kappa shape index (κ1) is 12.5. The Bertz CT molecular complexity index is 676. The van der Waals surface area contributed by atoms with Crippen LogP contribution in [0.3, 0.4) is 0 Å². The molecule has 1 aliphatic rings. The molecule has 2 aromatic rings. The van der Waals surface area contributed by atoms with Gasteiger partial charge in [0.15, 0.2) is 0 Å². The van der Waals surface area contributed by atoms with Crippen LogP contribution in [0.4, 0.5) is 0 Å². The standard InChI is InChI=1S/C13H14N4O3/c18-12(14-6-5-11-15-13(19)17-16-11)9-7-20-10-4-2-1-3-8(9)10/h1-4,9H,5-7H2,(H,14,18)(H2,15,16,17,19)/t9-/m1/s1. The smallest absolute Gasteiger partial charge is 0.340 e. The van der Waals surface area contributed by atoms with E-state index in [0.717, 1.165) is 11.3 Å². The van der Waals surface area contributed by atoms with Crippen molar-refractivity contribution >= 4 is 5.91 Å². The third-order valence-corrected chi connectivity index (χ3v) is 3.23. The lowest BCUT2D eigenvalue weighted by molar-refractivity contribution is -0.122. The second kappa shape index (κ2) is 5.20. The number of rotatable bonds is 4. The molecule has 3 rings (SSSR count). The average Bonchev–Trinajstić information content (AvgIpc) is 3.05. The number of carbonyl (C=O) groups is 1. The molecule has 2 heterocycles. The number of para-hydroxylation sites is 1. The Morgan fingerprint density at radius 2 is 2.30 bits per heavy atom. The van der Waals surface area contributed by atoms with Gasteiger partial charge in [0, 0.05) is 18.5 Å². The molecule has 7 nitrogen and oxygen atoms in total. The van der Waals surface area contributed by atoms with Crippen LogP contribution in [0.25, 0.3) is 0 Å². The summed E-state index contributed by atoms with van der Waals surface area (Å²) in [6.07, 6.45) is 0.472. The monoisotopic (exact) mass is 274 g/mol. The zero-order chi connectivity index (χ0) is 13.9. The SMILES string of the molecule is O=C(NCCc1n[nH]c(=O)[nH]1)[C@@H]1COc2ccccc21. The van der Waals surface area contributed by atoms with E-state index >= 15 is 0 Å². The van der Waals surface area contributed by atoms with Crippen LogP contribution in [0, 0.1) is 0 Å². The summed E-state index contributed by atoms with van der Waals surface area (Å²) in [6.45, 7) is 0.780. The van der Waals surface area contributed by atoms with Gasteiger partial charge in [-0.05, 0) is 6.07 Å². The first-order valence-electron chi connectivity index (χ1n) is 6.37. The highest BCUT2D eigenvalue weighted by molar-refractivity contribution is 5.85. The molecule has 1 aromatic carbocycles. The molecule has 0 unspecified atom stereocenters. The van der Waals surface area contributed by atoms with Crippen molar-refractivity contribution in [1.82, 2.24) is 20.5 Å². The molecule has 3 N–H and O–H groups in total. The minimum Gasteiger partial charge on any atom is -0.492 e. The third-order valence-electron chi connectivity index (χ3n) is 3.23. The van der Waals surface area contributed by atoms with E-state index in [2.05, 4.69) is 20.5 Å². The Balaban J connectivity index is 1.57. The van der Waals surface area contributed by atoms with Gasteiger partial charge in [-0.1, -0.05) is 18.2 Å². The topological polar surface area (TPSA) is 99.9 Å². The molecule has 20 heavy (non-hydrogen) atoms. The van der Waals surface area contributed by atoms with Gasteiger partial charge < -0.3 is 10.1 Å². The molecular weight excluding hydrogens is 260 g/mol. The summed E-state index contributed by atoms with van der Waals surface area (Å²) >= 11 is 0. The maximum atomic E-state index is 12.1. The number of carbonyl (C=O) groups excluding carboxylic acids is 1. The van der Waals surface area contributed by atoms with Gasteiger partial charge in [0.1, 0.15) is 24.1 Å². The number of fused-ring (bicyclic) bond motifs is 1. The maximum absolute atomic E-state index is 12.1. The fourth-order valence-electron chi connectivity index (χ4n) is 2.23. The number of nitrogens with zero attached hydrogens (tertiary/aromatic N) is 1. The maximum Gasteiger partial charge on any atom is 0.340 e. The van der Waals surface area contributed by atoms with E-state index in [1.165, 1.54) is 0 Å². The number of aromatic amines is 2. The number of aromatic nitrogens is 3. The number of nitrogens with one attached hydrogen (secondary N) is 3. The Labute approximate surface area is 114 Å². The first-order chi connectivity index (χ1) is 9.74. The Morgan fingerprint density at radius 1 is 1.45 bits per heavy atom. The van der Waals surface area contributed by atoms with Crippen molar-refractivity contribution in [2.45, 2.75) is 12.3 Å². The van der Waals surface area contributed by atoms with Crippen molar-refractivity contribution in [2.75, 3.05) is 13.2 Å². The van der Waals surface area contributed by atoms with E-state index in [4.69, 9.17) is 4.74 Å². The fraction of sp³-hybridized carbons (Fsp3) is 0.308. The molecule has 1 amide bonds. The molecule has 0 saturated heterocycles. The van der Waals surface area contributed by atoms with Gasteiger partial charge >= 0.3 is 5.69 Å². The van der Waals surface area contributed by atoms with E-state index in [1.807, 2.05) is 24.3 Å². The van der Waals surface area contributed by atoms with E-state index in [-0.39, 0.29) is 17.5 Å². The van der Waals surface area contributed by atoms with Gasteiger partial charge in [-0.15, -0.1) is 0 Å². The van der Waals surface area contributed by atoms with Crippen LogP contribution >= 0.6 is 0 Å². The molecule has 0 fully saturated rings. The second-order valence-electron chi connectivity index (χ2n) is 4.57. The highest BCUT2D eigenvalue weighted by Gasteiger charge is 2.29. The summed E-state index contributed by atoms with van der Waals surface area (Å²) in [7, 11) is 0. The molecule has 0 saturated carbocycles. The quantitative estimate of drug-likeness (QED) is 0.726. The number of benzene rings is 1. The number of hydrogen-bond donors (Lipinski definition) is 3. The molecule has 104 valence electrons. The van der Waals surface area contributed by atoms with E-state index < -0.39 is 0 Å². The molecule has 0 radical (unpaired) electrons. The summed E-state index contributed by atoms with van der Waals surface area (Å²) in [5.74, 6) is 0.944. The van der Waals surface area contributed by atoms with Gasteiger partial charge in [0.05, 0.1) is 0 Å². The molecule has 1 aliphatic heterocycles. The van der Waals surface area contributed by atoms with Crippen LogP contribution in [0.1, 0.15) is 17.3 Å². The van der Waals surface area contributed by atoms with Crippen molar-refractivity contribution in [3.63, 3.8) is 0 Å². The number of ether oxygens (including phenoxy) is 1. The largest absolute Gasteiger partial charge is 0.492 e. The van der Waals surface area contributed by atoms with Crippen molar-refractivity contribution in [2.24, 2.45) is 0 Å². The lowest BCUT2D eigenvalue weighted by atomic mass is 10.0. The summed E-state index contributed by atoms with van der Waals surface area (Å²) < 4.78 is 5.47. The zero-order valence-electron chi connectivity index (χ0n) is 10.7. The lowest BCUT2D eigenvalue weighted by Gasteiger charge is -2.09. The van der Waals surface area contributed by atoms with Gasteiger partial charge in [-0.3, -0.25) is 9.78 Å². The van der Waals surface area contributed by atoms with Gasteiger partial charge in [-0.2, -0.15) is 5.10 Å². The molecular formula is C13H14N4O3.